The second-order valence-electron chi connectivity index (χ2n) is 5.16. The Morgan fingerprint density at radius 2 is 1.59 bits per heavy atom. The largest absolute Gasteiger partial charge is 0.493 e. The van der Waals surface area contributed by atoms with E-state index in [1.165, 1.54) is 33.5 Å². The quantitative estimate of drug-likeness (QED) is 0.555. The van der Waals surface area contributed by atoms with Crippen LogP contribution in [0.4, 0.5) is 11.4 Å². The third kappa shape index (κ3) is 4.06. The number of aromatic carboxylic acids is 1. The van der Waals surface area contributed by atoms with E-state index in [2.05, 4.69) is 5.32 Å². The van der Waals surface area contributed by atoms with Crippen LogP contribution < -0.4 is 19.5 Å². The SMILES string of the molecule is COc1cc(C(=O)Nc2ccc(C(=O)O)cc2[N+](=O)[O-])cc(OC)c1OC. The zero-order chi connectivity index (χ0) is 20.1. The number of carboxylic acid groups (broad SMARTS) is 1. The number of nitrogens with zero attached hydrogens (tertiary/aromatic N) is 1. The molecule has 0 saturated carbocycles. The van der Waals surface area contributed by atoms with Crippen molar-refractivity contribution in [1.82, 2.24) is 0 Å². The maximum Gasteiger partial charge on any atom is 0.335 e. The molecule has 2 aromatic rings. The first-order valence-corrected chi connectivity index (χ1v) is 7.45. The molecule has 142 valence electrons. The summed E-state index contributed by atoms with van der Waals surface area (Å²) in [5, 5.41) is 22.5. The Labute approximate surface area is 153 Å². The molecular formula is C17H16N2O8. The van der Waals surface area contributed by atoms with Crippen LogP contribution in [0.2, 0.25) is 0 Å². The second kappa shape index (κ2) is 8.04. The summed E-state index contributed by atoms with van der Waals surface area (Å²) in [6.07, 6.45) is 0. The number of carbonyl (C=O) groups is 2. The van der Waals surface area contributed by atoms with Gasteiger partial charge >= 0.3 is 5.97 Å². The number of carbonyl (C=O) groups excluding carboxylic acids is 1. The minimum Gasteiger partial charge on any atom is -0.493 e. The van der Waals surface area contributed by atoms with Gasteiger partial charge in [-0.15, -0.1) is 0 Å². The molecule has 0 atom stereocenters. The first-order chi connectivity index (χ1) is 12.8. The molecule has 0 unspecified atom stereocenters. The van der Waals surface area contributed by atoms with E-state index in [9.17, 15) is 19.7 Å². The molecule has 0 aliphatic carbocycles. The highest BCUT2D eigenvalue weighted by Crippen LogP contribution is 2.38. The molecule has 2 aromatic carbocycles. The standard InChI is InChI=1S/C17H16N2O8/c1-25-13-7-10(8-14(26-2)15(13)27-3)16(20)18-11-5-4-9(17(21)22)6-12(11)19(23)24/h4-8H,1-3H3,(H,18,20)(H,21,22). The van der Waals surface area contributed by atoms with E-state index in [4.69, 9.17) is 19.3 Å². The maximum absolute atomic E-state index is 12.5. The van der Waals surface area contributed by atoms with Crippen LogP contribution in [-0.2, 0) is 0 Å². The predicted molar refractivity (Wildman–Crippen MR) is 94.1 cm³/mol. The number of carboxylic acids is 1. The minimum absolute atomic E-state index is 0.0982. The van der Waals surface area contributed by atoms with Gasteiger partial charge in [0.1, 0.15) is 5.69 Å². The number of anilines is 1. The fourth-order valence-corrected chi connectivity index (χ4v) is 2.33. The predicted octanol–water partition coefficient (Wildman–Crippen LogP) is 2.57. The molecular weight excluding hydrogens is 360 g/mol. The smallest absolute Gasteiger partial charge is 0.335 e. The summed E-state index contributed by atoms with van der Waals surface area (Å²) >= 11 is 0. The fourth-order valence-electron chi connectivity index (χ4n) is 2.33. The highest BCUT2D eigenvalue weighted by molar-refractivity contribution is 6.06. The Morgan fingerprint density at radius 3 is 2.04 bits per heavy atom. The molecule has 0 saturated heterocycles. The summed E-state index contributed by atoms with van der Waals surface area (Å²) in [4.78, 5) is 33.9. The van der Waals surface area contributed by atoms with Crippen LogP contribution >= 0.6 is 0 Å². The van der Waals surface area contributed by atoms with Gasteiger partial charge in [0.05, 0.1) is 31.8 Å². The summed E-state index contributed by atoms with van der Waals surface area (Å²) < 4.78 is 15.5. The Balaban J connectivity index is 2.43. The molecule has 0 fully saturated rings. The van der Waals surface area contributed by atoms with Crippen molar-refractivity contribution >= 4 is 23.3 Å². The molecule has 0 spiro atoms. The average molecular weight is 376 g/mol. The lowest BCUT2D eigenvalue weighted by molar-refractivity contribution is -0.383. The Bertz CT molecular complexity index is 885. The van der Waals surface area contributed by atoms with E-state index < -0.39 is 22.5 Å². The molecule has 0 aliphatic heterocycles. The Morgan fingerprint density at radius 1 is 1.00 bits per heavy atom. The van der Waals surface area contributed by atoms with Gasteiger partial charge in [-0.1, -0.05) is 0 Å². The van der Waals surface area contributed by atoms with Crippen LogP contribution in [0.5, 0.6) is 17.2 Å². The van der Waals surface area contributed by atoms with Gasteiger partial charge in [0, 0.05) is 11.6 Å². The Kier molecular flexibility index (Phi) is 5.81. The van der Waals surface area contributed by atoms with Crippen LogP contribution in [-0.4, -0.2) is 43.2 Å². The molecule has 1 amide bonds. The number of nitro groups is 1. The van der Waals surface area contributed by atoms with Crippen molar-refractivity contribution in [2.75, 3.05) is 26.6 Å². The first kappa shape index (κ1) is 19.5. The molecule has 0 aromatic heterocycles. The number of ether oxygens (including phenoxy) is 3. The van der Waals surface area contributed by atoms with Gasteiger partial charge in [0.15, 0.2) is 11.5 Å². The molecule has 27 heavy (non-hydrogen) atoms. The normalized spacial score (nSPS) is 10.0. The Hall–Kier alpha value is -3.82. The summed E-state index contributed by atoms with van der Waals surface area (Å²) in [6.45, 7) is 0. The number of hydrogen-bond donors (Lipinski definition) is 2. The van der Waals surface area contributed by atoms with Crippen LogP contribution in [0, 0.1) is 10.1 Å². The van der Waals surface area contributed by atoms with Gasteiger partial charge in [-0.25, -0.2) is 4.79 Å². The zero-order valence-electron chi connectivity index (χ0n) is 14.6. The lowest BCUT2D eigenvalue weighted by Gasteiger charge is -2.14. The van der Waals surface area contributed by atoms with E-state index in [-0.39, 0.29) is 34.1 Å². The molecule has 10 heteroatoms. The van der Waals surface area contributed by atoms with Crippen molar-refractivity contribution in [3.63, 3.8) is 0 Å². The zero-order valence-corrected chi connectivity index (χ0v) is 14.6. The van der Waals surface area contributed by atoms with E-state index in [1.54, 1.807) is 0 Å². The van der Waals surface area contributed by atoms with E-state index >= 15 is 0 Å². The van der Waals surface area contributed by atoms with Crippen LogP contribution in [0.15, 0.2) is 30.3 Å². The van der Waals surface area contributed by atoms with Crippen molar-refractivity contribution in [1.29, 1.82) is 0 Å². The van der Waals surface area contributed by atoms with Crippen molar-refractivity contribution in [2.24, 2.45) is 0 Å². The topological polar surface area (TPSA) is 137 Å². The minimum atomic E-state index is -1.32. The van der Waals surface area contributed by atoms with Crippen molar-refractivity contribution in [3.8, 4) is 17.2 Å². The number of hydrogen-bond acceptors (Lipinski definition) is 7. The van der Waals surface area contributed by atoms with Crippen LogP contribution in [0.25, 0.3) is 0 Å². The van der Waals surface area contributed by atoms with E-state index in [0.717, 1.165) is 18.2 Å². The molecule has 0 bridgehead atoms. The lowest BCUT2D eigenvalue weighted by atomic mass is 10.1. The van der Waals surface area contributed by atoms with Gasteiger partial charge in [-0.3, -0.25) is 14.9 Å². The molecule has 0 heterocycles. The summed E-state index contributed by atoms with van der Waals surface area (Å²) in [5.74, 6) is -1.25. The maximum atomic E-state index is 12.5. The van der Waals surface area contributed by atoms with Gasteiger partial charge in [0.25, 0.3) is 11.6 Å². The van der Waals surface area contributed by atoms with Crippen LogP contribution in [0.3, 0.4) is 0 Å². The average Bonchev–Trinajstić information content (AvgIpc) is 2.66. The number of benzene rings is 2. The summed E-state index contributed by atoms with van der Waals surface area (Å²) in [7, 11) is 4.18. The number of nitrogens with one attached hydrogen (secondary N) is 1. The van der Waals surface area contributed by atoms with E-state index in [1.807, 2.05) is 0 Å². The molecule has 2 rings (SSSR count). The highest BCUT2D eigenvalue weighted by Gasteiger charge is 2.21. The number of methoxy groups -OCH3 is 3. The number of amides is 1. The molecule has 0 aliphatic rings. The van der Waals surface area contributed by atoms with Crippen molar-refractivity contribution < 1.29 is 33.8 Å². The van der Waals surface area contributed by atoms with Crippen molar-refractivity contribution in [2.45, 2.75) is 0 Å². The van der Waals surface area contributed by atoms with E-state index in [0.29, 0.717) is 0 Å². The third-order valence-corrected chi connectivity index (χ3v) is 3.62. The number of nitro benzene ring substituents is 1. The number of rotatable bonds is 7. The first-order valence-electron chi connectivity index (χ1n) is 7.45. The fraction of sp³-hybridized carbons (Fsp3) is 0.176. The van der Waals surface area contributed by atoms with Gasteiger partial charge in [0.2, 0.25) is 5.75 Å². The molecule has 10 nitrogen and oxygen atoms in total. The third-order valence-electron chi connectivity index (χ3n) is 3.62. The monoisotopic (exact) mass is 376 g/mol. The summed E-state index contributed by atoms with van der Waals surface area (Å²) in [5.41, 5.74) is -0.868. The van der Waals surface area contributed by atoms with Gasteiger partial charge in [-0.2, -0.15) is 0 Å². The lowest BCUT2D eigenvalue weighted by Crippen LogP contribution is -2.14. The molecule has 0 radical (unpaired) electrons. The second-order valence-corrected chi connectivity index (χ2v) is 5.16. The highest BCUT2D eigenvalue weighted by atomic mass is 16.6. The molecule has 2 N–H and O–H groups in total. The summed E-state index contributed by atoms with van der Waals surface area (Å²) in [6, 6.07) is 5.94. The van der Waals surface area contributed by atoms with Gasteiger partial charge in [-0.05, 0) is 24.3 Å². The van der Waals surface area contributed by atoms with Crippen molar-refractivity contribution in [3.05, 3.63) is 51.6 Å². The van der Waals surface area contributed by atoms with Gasteiger partial charge < -0.3 is 24.6 Å². The van der Waals surface area contributed by atoms with Crippen LogP contribution in [0.1, 0.15) is 20.7 Å².